The topological polar surface area (TPSA) is 12.9 Å². The van der Waals surface area contributed by atoms with Gasteiger partial charge in [0.1, 0.15) is 0 Å². The second kappa shape index (κ2) is 7.78. The fourth-order valence-corrected chi connectivity index (χ4v) is 4.85. The Hall–Kier alpha value is -3.68. The minimum Gasteiger partial charge on any atom is -0.248 e. The molecule has 0 radical (unpaired) electrons. The Morgan fingerprint density at radius 3 is 2.44 bits per heavy atom. The Morgan fingerprint density at radius 1 is 0.719 bits per heavy atom. The SMILES string of the molecule is Clc1cccc(-c2cc(/C=C/c3ccccc3)c3c4c(ccc3n2)Cc2ccccc2-4)c1. The molecule has 1 heterocycles. The second-order valence-corrected chi connectivity index (χ2v) is 8.62. The van der Waals surface area contributed by atoms with Gasteiger partial charge in [0.05, 0.1) is 11.2 Å². The third-order valence-corrected chi connectivity index (χ3v) is 6.37. The van der Waals surface area contributed by atoms with E-state index in [-0.39, 0.29) is 0 Å². The highest BCUT2D eigenvalue weighted by molar-refractivity contribution is 6.30. The summed E-state index contributed by atoms with van der Waals surface area (Å²) < 4.78 is 0. The average Bonchev–Trinajstić information content (AvgIpc) is 3.22. The van der Waals surface area contributed by atoms with Crippen molar-refractivity contribution in [2.24, 2.45) is 0 Å². The van der Waals surface area contributed by atoms with Gasteiger partial charge in [-0.05, 0) is 64.1 Å². The molecule has 152 valence electrons. The molecule has 5 aromatic rings. The first kappa shape index (κ1) is 19.0. The molecule has 0 N–H and O–H groups in total. The zero-order valence-electron chi connectivity index (χ0n) is 17.4. The third kappa shape index (κ3) is 3.32. The molecule has 6 rings (SSSR count). The summed E-state index contributed by atoms with van der Waals surface area (Å²) in [7, 11) is 0. The Balaban J connectivity index is 1.63. The molecule has 0 unspecified atom stereocenters. The monoisotopic (exact) mass is 429 g/mol. The number of benzene rings is 4. The molecule has 0 spiro atoms. The van der Waals surface area contributed by atoms with E-state index < -0.39 is 0 Å². The number of aromatic nitrogens is 1. The number of hydrogen-bond acceptors (Lipinski definition) is 1. The molecule has 1 nitrogen and oxygen atoms in total. The van der Waals surface area contributed by atoms with Crippen LogP contribution in [0, 0.1) is 0 Å². The molecule has 1 aliphatic carbocycles. The van der Waals surface area contributed by atoms with Crippen molar-refractivity contribution in [2.75, 3.05) is 0 Å². The minimum absolute atomic E-state index is 0.716. The molecule has 0 aliphatic heterocycles. The zero-order valence-corrected chi connectivity index (χ0v) is 18.2. The summed E-state index contributed by atoms with van der Waals surface area (Å²) in [6.45, 7) is 0. The van der Waals surface area contributed by atoms with Crippen LogP contribution in [-0.2, 0) is 6.42 Å². The lowest BCUT2D eigenvalue weighted by Crippen LogP contribution is -1.92. The van der Waals surface area contributed by atoms with Gasteiger partial charge < -0.3 is 0 Å². The molecule has 0 bridgehead atoms. The van der Waals surface area contributed by atoms with E-state index in [0.29, 0.717) is 5.02 Å². The van der Waals surface area contributed by atoms with Crippen molar-refractivity contribution in [3.8, 4) is 22.4 Å². The van der Waals surface area contributed by atoms with Gasteiger partial charge in [-0.3, -0.25) is 0 Å². The van der Waals surface area contributed by atoms with Crippen LogP contribution in [0.4, 0.5) is 0 Å². The van der Waals surface area contributed by atoms with E-state index in [1.54, 1.807) is 0 Å². The van der Waals surface area contributed by atoms with Crippen LogP contribution in [0.5, 0.6) is 0 Å². The lowest BCUT2D eigenvalue weighted by molar-refractivity contribution is 1.26. The Kier molecular flexibility index (Phi) is 4.63. The van der Waals surface area contributed by atoms with Gasteiger partial charge in [0, 0.05) is 16.0 Å². The highest BCUT2D eigenvalue weighted by atomic mass is 35.5. The first-order chi connectivity index (χ1) is 15.8. The van der Waals surface area contributed by atoms with E-state index in [9.17, 15) is 0 Å². The third-order valence-electron chi connectivity index (χ3n) is 6.13. The number of hydrogen-bond donors (Lipinski definition) is 0. The molecule has 1 aliphatic rings. The van der Waals surface area contributed by atoms with Crippen LogP contribution in [0.1, 0.15) is 22.3 Å². The van der Waals surface area contributed by atoms with Gasteiger partial charge in [0.15, 0.2) is 0 Å². The van der Waals surface area contributed by atoms with Crippen molar-refractivity contribution >= 4 is 34.7 Å². The van der Waals surface area contributed by atoms with Crippen LogP contribution in [0.15, 0.2) is 97.1 Å². The predicted molar refractivity (Wildman–Crippen MR) is 136 cm³/mol. The fourth-order valence-electron chi connectivity index (χ4n) is 4.66. The van der Waals surface area contributed by atoms with Gasteiger partial charge in [-0.2, -0.15) is 0 Å². The van der Waals surface area contributed by atoms with Gasteiger partial charge >= 0.3 is 0 Å². The number of nitrogens with zero attached hydrogens (tertiary/aromatic N) is 1. The van der Waals surface area contributed by atoms with Gasteiger partial charge in [0.2, 0.25) is 0 Å². The molecule has 0 saturated carbocycles. The van der Waals surface area contributed by atoms with E-state index in [0.717, 1.165) is 23.2 Å². The van der Waals surface area contributed by atoms with Crippen LogP contribution < -0.4 is 0 Å². The highest BCUT2D eigenvalue weighted by Gasteiger charge is 2.22. The lowest BCUT2D eigenvalue weighted by atomic mass is 9.95. The maximum Gasteiger partial charge on any atom is 0.0722 e. The summed E-state index contributed by atoms with van der Waals surface area (Å²) in [6.07, 6.45) is 5.37. The Labute approximate surface area is 192 Å². The largest absolute Gasteiger partial charge is 0.248 e. The molecule has 32 heavy (non-hydrogen) atoms. The molecule has 2 heteroatoms. The molecule has 0 saturated heterocycles. The summed E-state index contributed by atoms with van der Waals surface area (Å²) in [6, 6.07) is 33.6. The van der Waals surface area contributed by atoms with E-state index >= 15 is 0 Å². The van der Waals surface area contributed by atoms with Crippen molar-refractivity contribution in [2.45, 2.75) is 6.42 Å². The van der Waals surface area contributed by atoms with Crippen molar-refractivity contribution in [3.05, 3.63) is 124 Å². The zero-order chi connectivity index (χ0) is 21.5. The van der Waals surface area contributed by atoms with Crippen LogP contribution >= 0.6 is 11.6 Å². The van der Waals surface area contributed by atoms with Crippen LogP contribution in [0.3, 0.4) is 0 Å². The quantitative estimate of drug-likeness (QED) is 0.275. The number of rotatable bonds is 3. The van der Waals surface area contributed by atoms with E-state index in [1.165, 1.54) is 38.8 Å². The van der Waals surface area contributed by atoms with Crippen molar-refractivity contribution in [1.82, 2.24) is 4.98 Å². The second-order valence-electron chi connectivity index (χ2n) is 8.18. The van der Waals surface area contributed by atoms with Crippen LogP contribution in [-0.4, -0.2) is 4.98 Å². The average molecular weight is 430 g/mol. The van der Waals surface area contributed by atoms with Gasteiger partial charge in [-0.25, -0.2) is 4.98 Å². The van der Waals surface area contributed by atoms with E-state index in [4.69, 9.17) is 16.6 Å². The summed E-state index contributed by atoms with van der Waals surface area (Å²) in [5, 5.41) is 1.93. The maximum absolute atomic E-state index is 6.29. The lowest BCUT2D eigenvalue weighted by Gasteiger charge is -2.13. The number of fused-ring (bicyclic) bond motifs is 5. The standard InChI is InChI=1S/C30H20ClN/c31-25-11-6-10-22(18-25)28-19-24(14-13-20-7-2-1-3-8-20)30-27(32-28)16-15-23-17-21-9-4-5-12-26(21)29(23)30/h1-16,18-19H,17H2/b14-13+. The summed E-state index contributed by atoms with van der Waals surface area (Å²) in [5.74, 6) is 0. The van der Waals surface area contributed by atoms with E-state index in [2.05, 4.69) is 84.9 Å². The Bertz CT molecular complexity index is 1500. The first-order valence-corrected chi connectivity index (χ1v) is 11.2. The highest BCUT2D eigenvalue weighted by Crippen LogP contribution is 2.43. The maximum atomic E-state index is 6.29. The molecule has 1 aromatic heterocycles. The van der Waals surface area contributed by atoms with Gasteiger partial charge in [0.25, 0.3) is 0 Å². The van der Waals surface area contributed by atoms with Crippen molar-refractivity contribution < 1.29 is 0 Å². The number of pyridine rings is 1. The fraction of sp³-hybridized carbons (Fsp3) is 0.0333. The summed E-state index contributed by atoms with van der Waals surface area (Å²) >= 11 is 6.29. The van der Waals surface area contributed by atoms with Gasteiger partial charge in [-0.15, -0.1) is 0 Å². The van der Waals surface area contributed by atoms with Crippen molar-refractivity contribution in [3.63, 3.8) is 0 Å². The van der Waals surface area contributed by atoms with Crippen molar-refractivity contribution in [1.29, 1.82) is 0 Å². The molecule has 4 aromatic carbocycles. The molecule has 0 amide bonds. The van der Waals surface area contributed by atoms with Crippen LogP contribution in [0.2, 0.25) is 5.02 Å². The first-order valence-electron chi connectivity index (χ1n) is 10.8. The smallest absolute Gasteiger partial charge is 0.0722 e. The predicted octanol–water partition coefficient (Wildman–Crippen LogP) is 8.30. The molecule has 0 fully saturated rings. The Morgan fingerprint density at radius 2 is 1.56 bits per heavy atom. The molecular weight excluding hydrogens is 410 g/mol. The van der Waals surface area contributed by atoms with Crippen LogP contribution in [0.25, 0.3) is 45.4 Å². The normalized spacial score (nSPS) is 12.3. The molecular formula is C30H20ClN. The molecule has 0 atom stereocenters. The van der Waals surface area contributed by atoms with E-state index in [1.807, 2.05) is 24.3 Å². The minimum atomic E-state index is 0.716. The van der Waals surface area contributed by atoms with Gasteiger partial charge in [-0.1, -0.05) is 96.5 Å². The summed E-state index contributed by atoms with van der Waals surface area (Å²) in [4.78, 5) is 5.06. The number of halogens is 1. The summed E-state index contributed by atoms with van der Waals surface area (Å²) in [5.41, 5.74) is 10.7.